The van der Waals surface area contributed by atoms with E-state index in [9.17, 15) is 9.59 Å². The molecule has 2 heterocycles. The van der Waals surface area contributed by atoms with Crippen LogP contribution in [-0.4, -0.2) is 38.5 Å². The van der Waals surface area contributed by atoms with Crippen LogP contribution >= 0.6 is 0 Å². The zero-order valence-electron chi connectivity index (χ0n) is 14.7. The average molecular weight is 342 g/mol. The van der Waals surface area contributed by atoms with Crippen LogP contribution in [-0.2, 0) is 11.3 Å². The highest BCUT2D eigenvalue weighted by Gasteiger charge is 2.23. The van der Waals surface area contributed by atoms with Crippen LogP contribution in [0.5, 0.6) is 0 Å². The number of fused-ring (bicyclic) bond motifs is 1. The molecule has 0 aliphatic carbocycles. The highest BCUT2D eigenvalue weighted by Crippen LogP contribution is 2.18. The van der Waals surface area contributed by atoms with E-state index in [2.05, 4.69) is 9.55 Å². The fourth-order valence-corrected chi connectivity index (χ4v) is 3.01. The molecule has 25 heavy (non-hydrogen) atoms. The van der Waals surface area contributed by atoms with Gasteiger partial charge in [0, 0.05) is 32.5 Å². The number of aryl methyl sites for hydroxylation is 2. The lowest BCUT2D eigenvalue weighted by molar-refractivity contribution is -0.133. The van der Waals surface area contributed by atoms with Crippen molar-refractivity contribution in [3.8, 4) is 0 Å². The molecule has 0 bridgehead atoms. The zero-order valence-corrected chi connectivity index (χ0v) is 14.7. The van der Waals surface area contributed by atoms with Crippen LogP contribution in [0.1, 0.15) is 25.2 Å². The van der Waals surface area contributed by atoms with Gasteiger partial charge in [0.1, 0.15) is 11.9 Å². The minimum Gasteiger partial charge on any atom is -0.408 e. The Bertz CT molecular complexity index is 937. The van der Waals surface area contributed by atoms with E-state index in [1.807, 2.05) is 19.2 Å². The van der Waals surface area contributed by atoms with Crippen LogP contribution in [0.2, 0.25) is 0 Å². The second-order valence-corrected chi connectivity index (χ2v) is 6.16. The molecule has 0 radical (unpaired) electrons. The Hall–Kier alpha value is -2.83. The third kappa shape index (κ3) is 3.35. The van der Waals surface area contributed by atoms with Gasteiger partial charge in [0.2, 0.25) is 5.91 Å². The fourth-order valence-electron chi connectivity index (χ4n) is 3.01. The van der Waals surface area contributed by atoms with E-state index in [0.717, 1.165) is 18.8 Å². The molecule has 1 unspecified atom stereocenters. The molecule has 132 valence electrons. The SMILES string of the molecule is Cc1nccn1CCCN(C)C(=O)C(C)n1c(=O)oc2ccccc21. The van der Waals surface area contributed by atoms with Crippen LogP contribution < -0.4 is 5.76 Å². The van der Waals surface area contributed by atoms with E-state index in [-0.39, 0.29) is 5.91 Å². The topological polar surface area (TPSA) is 73.3 Å². The molecule has 0 spiro atoms. The van der Waals surface area contributed by atoms with Gasteiger partial charge in [-0.1, -0.05) is 12.1 Å². The summed E-state index contributed by atoms with van der Waals surface area (Å²) in [5.41, 5.74) is 1.13. The average Bonchev–Trinajstić information content (AvgIpc) is 3.15. The lowest BCUT2D eigenvalue weighted by Crippen LogP contribution is -2.36. The van der Waals surface area contributed by atoms with Gasteiger partial charge in [-0.2, -0.15) is 0 Å². The van der Waals surface area contributed by atoms with Gasteiger partial charge in [0.25, 0.3) is 0 Å². The van der Waals surface area contributed by atoms with Gasteiger partial charge < -0.3 is 13.9 Å². The summed E-state index contributed by atoms with van der Waals surface area (Å²) in [5.74, 6) is 0.333. The number of hydrogen-bond donors (Lipinski definition) is 0. The summed E-state index contributed by atoms with van der Waals surface area (Å²) >= 11 is 0. The quantitative estimate of drug-likeness (QED) is 0.688. The summed E-state index contributed by atoms with van der Waals surface area (Å²) in [5, 5.41) is 0. The highest BCUT2D eigenvalue weighted by molar-refractivity contribution is 5.82. The summed E-state index contributed by atoms with van der Waals surface area (Å²) < 4.78 is 8.68. The molecule has 1 atom stereocenters. The summed E-state index contributed by atoms with van der Waals surface area (Å²) in [6.45, 7) is 5.08. The van der Waals surface area contributed by atoms with Crippen molar-refractivity contribution in [3.63, 3.8) is 0 Å². The third-order valence-electron chi connectivity index (χ3n) is 4.46. The molecule has 7 nitrogen and oxygen atoms in total. The lowest BCUT2D eigenvalue weighted by Gasteiger charge is -2.22. The van der Waals surface area contributed by atoms with Crippen molar-refractivity contribution in [1.82, 2.24) is 19.0 Å². The van der Waals surface area contributed by atoms with Gasteiger partial charge in [0.15, 0.2) is 5.58 Å². The van der Waals surface area contributed by atoms with Gasteiger partial charge in [0.05, 0.1) is 5.52 Å². The van der Waals surface area contributed by atoms with E-state index in [1.54, 1.807) is 43.3 Å². The normalized spacial score (nSPS) is 12.4. The molecule has 2 aromatic heterocycles. The first-order valence-corrected chi connectivity index (χ1v) is 8.32. The Kier molecular flexibility index (Phi) is 4.74. The molecule has 1 amide bonds. The van der Waals surface area contributed by atoms with E-state index < -0.39 is 11.8 Å². The summed E-state index contributed by atoms with van der Waals surface area (Å²) in [6.07, 6.45) is 4.51. The molecular weight excluding hydrogens is 320 g/mol. The van der Waals surface area contributed by atoms with Gasteiger partial charge in [-0.15, -0.1) is 0 Å². The van der Waals surface area contributed by atoms with Crippen molar-refractivity contribution in [3.05, 3.63) is 53.0 Å². The molecule has 0 saturated carbocycles. The summed E-state index contributed by atoms with van der Waals surface area (Å²) in [6, 6.07) is 6.51. The van der Waals surface area contributed by atoms with Crippen molar-refractivity contribution >= 4 is 17.0 Å². The Morgan fingerprint density at radius 2 is 2.12 bits per heavy atom. The number of para-hydroxylation sites is 2. The maximum absolute atomic E-state index is 12.7. The van der Waals surface area contributed by atoms with E-state index in [0.29, 0.717) is 17.6 Å². The van der Waals surface area contributed by atoms with Crippen LogP contribution in [0.4, 0.5) is 0 Å². The first kappa shape index (κ1) is 17.0. The Morgan fingerprint density at radius 3 is 2.84 bits per heavy atom. The molecule has 0 aliphatic heterocycles. The molecule has 0 fully saturated rings. The maximum Gasteiger partial charge on any atom is 0.420 e. The Morgan fingerprint density at radius 1 is 1.36 bits per heavy atom. The fraction of sp³-hybridized carbons (Fsp3) is 0.389. The third-order valence-corrected chi connectivity index (χ3v) is 4.46. The lowest BCUT2D eigenvalue weighted by atomic mass is 10.2. The number of likely N-dealkylation sites (N-methyl/N-ethyl adjacent to an activating group) is 1. The van der Waals surface area contributed by atoms with E-state index in [1.165, 1.54) is 4.57 Å². The smallest absolute Gasteiger partial charge is 0.408 e. The molecule has 7 heteroatoms. The number of aromatic nitrogens is 3. The van der Waals surface area contributed by atoms with E-state index >= 15 is 0 Å². The minimum absolute atomic E-state index is 0.115. The predicted molar refractivity (Wildman–Crippen MR) is 94.4 cm³/mol. The van der Waals surface area contributed by atoms with Crippen molar-refractivity contribution in [2.45, 2.75) is 32.9 Å². The molecule has 1 aromatic carbocycles. The zero-order chi connectivity index (χ0) is 18.0. The Balaban J connectivity index is 1.68. The Labute approximate surface area is 145 Å². The van der Waals surface area contributed by atoms with Gasteiger partial charge >= 0.3 is 5.76 Å². The summed E-state index contributed by atoms with van der Waals surface area (Å²) in [4.78, 5) is 30.7. The predicted octanol–water partition coefficient (Wildman–Crippen LogP) is 2.21. The first-order chi connectivity index (χ1) is 12.0. The second kappa shape index (κ2) is 6.96. The second-order valence-electron chi connectivity index (χ2n) is 6.16. The highest BCUT2D eigenvalue weighted by atomic mass is 16.4. The van der Waals surface area contributed by atoms with Crippen molar-refractivity contribution < 1.29 is 9.21 Å². The maximum atomic E-state index is 12.7. The molecule has 0 aliphatic rings. The number of hydrogen-bond acceptors (Lipinski definition) is 4. The molecular formula is C18H22N4O3. The largest absolute Gasteiger partial charge is 0.420 e. The molecule has 3 aromatic rings. The van der Waals surface area contributed by atoms with Crippen molar-refractivity contribution in [1.29, 1.82) is 0 Å². The van der Waals surface area contributed by atoms with Crippen LogP contribution in [0, 0.1) is 6.92 Å². The monoisotopic (exact) mass is 342 g/mol. The number of nitrogens with zero attached hydrogens (tertiary/aromatic N) is 4. The number of carbonyl (C=O) groups excluding carboxylic acids is 1. The number of imidazole rings is 1. The van der Waals surface area contributed by atoms with Crippen molar-refractivity contribution in [2.24, 2.45) is 0 Å². The molecule has 0 N–H and O–H groups in total. The molecule has 0 saturated heterocycles. The van der Waals surface area contributed by atoms with Gasteiger partial charge in [-0.3, -0.25) is 9.36 Å². The van der Waals surface area contributed by atoms with Gasteiger partial charge in [-0.25, -0.2) is 9.78 Å². The number of oxazole rings is 1. The number of amides is 1. The first-order valence-electron chi connectivity index (χ1n) is 8.32. The number of carbonyl (C=O) groups is 1. The van der Waals surface area contributed by atoms with Crippen molar-refractivity contribution in [2.75, 3.05) is 13.6 Å². The van der Waals surface area contributed by atoms with Gasteiger partial charge in [-0.05, 0) is 32.4 Å². The number of benzene rings is 1. The minimum atomic E-state index is -0.615. The number of rotatable bonds is 6. The van der Waals surface area contributed by atoms with Crippen LogP contribution in [0.3, 0.4) is 0 Å². The van der Waals surface area contributed by atoms with Crippen LogP contribution in [0.25, 0.3) is 11.1 Å². The van der Waals surface area contributed by atoms with Crippen LogP contribution in [0.15, 0.2) is 45.9 Å². The standard InChI is InChI=1S/C18H22N4O3/c1-13(22-15-7-4-5-8-16(15)25-18(22)24)17(23)20(3)10-6-11-21-12-9-19-14(21)2/h4-5,7-9,12-13H,6,10-11H2,1-3H3. The molecule has 3 rings (SSSR count). The van der Waals surface area contributed by atoms with E-state index in [4.69, 9.17) is 4.42 Å². The summed E-state index contributed by atoms with van der Waals surface area (Å²) in [7, 11) is 1.76.